The molecule has 1 N–H and O–H groups in total. The van der Waals surface area contributed by atoms with Crippen LogP contribution in [0.1, 0.15) is 23.1 Å². The number of amidine groups is 1. The molecule has 0 spiro atoms. The number of aliphatic hydroxyl groups is 1. The lowest BCUT2D eigenvalue weighted by molar-refractivity contribution is -0.0334. The average molecular weight is 361 g/mol. The molecule has 5 nitrogen and oxygen atoms in total. The first-order valence-corrected chi connectivity index (χ1v) is 8.07. The van der Waals surface area contributed by atoms with Gasteiger partial charge in [0.25, 0.3) is 0 Å². The number of aliphatic imine (C=N–C) groups is 1. The first-order chi connectivity index (χ1) is 11.7. The first-order valence-electron chi connectivity index (χ1n) is 8.07. The second kappa shape index (κ2) is 6.58. The summed E-state index contributed by atoms with van der Waals surface area (Å²) >= 11 is 0. The van der Waals surface area contributed by atoms with E-state index in [9.17, 15) is 5.11 Å². The number of ether oxygens (including phenoxy) is 2. The molecule has 0 saturated carbocycles. The Morgan fingerprint density at radius 2 is 1.88 bits per heavy atom. The van der Waals surface area contributed by atoms with Gasteiger partial charge in [0.2, 0.25) is 0 Å². The van der Waals surface area contributed by atoms with Crippen molar-refractivity contribution in [2.45, 2.75) is 12.1 Å². The van der Waals surface area contributed by atoms with Gasteiger partial charge < -0.3 is 19.5 Å². The number of hydrogen-bond acceptors (Lipinski definition) is 5. The SMILES string of the molecule is COc1ccc(C2(O)c3ccccc3C3=NCCCN32)c(OC)c1.Cl. The van der Waals surface area contributed by atoms with Crippen LogP contribution in [0.15, 0.2) is 47.5 Å². The number of methoxy groups -OCH3 is 2. The number of hydrogen-bond donors (Lipinski definition) is 1. The van der Waals surface area contributed by atoms with E-state index in [0.717, 1.165) is 36.5 Å². The minimum absolute atomic E-state index is 0. The minimum Gasteiger partial charge on any atom is -0.497 e. The van der Waals surface area contributed by atoms with Gasteiger partial charge in [-0.3, -0.25) is 4.99 Å². The predicted octanol–water partition coefficient (Wildman–Crippen LogP) is 2.78. The summed E-state index contributed by atoms with van der Waals surface area (Å²) < 4.78 is 10.8. The van der Waals surface area contributed by atoms with E-state index in [2.05, 4.69) is 4.99 Å². The molecule has 0 saturated heterocycles. The lowest BCUT2D eigenvalue weighted by Crippen LogP contribution is -2.47. The number of benzene rings is 2. The van der Waals surface area contributed by atoms with Crippen LogP contribution in [0, 0.1) is 0 Å². The van der Waals surface area contributed by atoms with Crippen molar-refractivity contribution in [2.24, 2.45) is 4.99 Å². The Bertz CT molecular complexity index is 824. The van der Waals surface area contributed by atoms with Crippen molar-refractivity contribution in [3.05, 3.63) is 59.2 Å². The quantitative estimate of drug-likeness (QED) is 0.914. The van der Waals surface area contributed by atoms with Gasteiger partial charge in [-0.25, -0.2) is 0 Å². The maximum Gasteiger partial charge on any atom is 0.196 e. The molecule has 2 aliphatic heterocycles. The summed E-state index contributed by atoms with van der Waals surface area (Å²) in [5, 5.41) is 11.8. The summed E-state index contributed by atoms with van der Waals surface area (Å²) in [5.41, 5.74) is 1.24. The molecule has 0 aromatic heterocycles. The number of rotatable bonds is 3. The standard InChI is InChI=1S/C19H20N2O3.ClH/c1-23-13-8-9-16(17(12-13)24-2)19(22)15-7-4-3-6-14(15)18-20-10-5-11-21(18)19;/h3-4,6-9,12,22H,5,10-11H2,1-2H3;1H. The third-order valence-corrected chi connectivity index (χ3v) is 4.78. The van der Waals surface area contributed by atoms with Crippen LogP contribution >= 0.6 is 12.4 Å². The number of fused-ring (bicyclic) bond motifs is 3. The third-order valence-electron chi connectivity index (χ3n) is 4.78. The van der Waals surface area contributed by atoms with Crippen molar-refractivity contribution in [3.8, 4) is 11.5 Å². The van der Waals surface area contributed by atoms with Crippen molar-refractivity contribution in [2.75, 3.05) is 27.3 Å². The molecule has 25 heavy (non-hydrogen) atoms. The van der Waals surface area contributed by atoms with Crippen LogP contribution in [0.5, 0.6) is 11.5 Å². The van der Waals surface area contributed by atoms with Gasteiger partial charge in [-0.15, -0.1) is 12.4 Å². The molecular formula is C19H21ClN2O3. The van der Waals surface area contributed by atoms with E-state index in [1.807, 2.05) is 41.3 Å². The zero-order chi connectivity index (χ0) is 16.7. The van der Waals surface area contributed by atoms with Crippen LogP contribution in [-0.4, -0.2) is 43.2 Å². The molecule has 0 amide bonds. The van der Waals surface area contributed by atoms with Gasteiger partial charge in [0.05, 0.1) is 19.8 Å². The molecule has 0 fully saturated rings. The van der Waals surface area contributed by atoms with Crippen LogP contribution in [0.2, 0.25) is 0 Å². The summed E-state index contributed by atoms with van der Waals surface area (Å²) in [6.07, 6.45) is 0.915. The Morgan fingerprint density at radius 3 is 2.64 bits per heavy atom. The van der Waals surface area contributed by atoms with Crippen molar-refractivity contribution in [1.29, 1.82) is 0 Å². The van der Waals surface area contributed by atoms with Crippen molar-refractivity contribution in [3.63, 3.8) is 0 Å². The third kappa shape index (κ3) is 2.46. The van der Waals surface area contributed by atoms with Crippen LogP contribution in [0.25, 0.3) is 0 Å². The van der Waals surface area contributed by atoms with Gasteiger partial charge >= 0.3 is 0 Å². The maximum absolute atomic E-state index is 11.8. The molecule has 2 aromatic carbocycles. The Labute approximate surface area is 153 Å². The molecule has 1 atom stereocenters. The Kier molecular flexibility index (Phi) is 4.62. The molecule has 6 heteroatoms. The van der Waals surface area contributed by atoms with Crippen LogP contribution < -0.4 is 9.47 Å². The summed E-state index contributed by atoms with van der Waals surface area (Å²) in [6.45, 7) is 1.54. The van der Waals surface area contributed by atoms with E-state index in [4.69, 9.17) is 9.47 Å². The Morgan fingerprint density at radius 1 is 1.08 bits per heavy atom. The van der Waals surface area contributed by atoms with E-state index in [0.29, 0.717) is 17.1 Å². The van der Waals surface area contributed by atoms with E-state index < -0.39 is 5.72 Å². The molecule has 0 radical (unpaired) electrons. The van der Waals surface area contributed by atoms with Gasteiger partial charge in [-0.2, -0.15) is 0 Å². The number of nitrogens with zero attached hydrogens (tertiary/aromatic N) is 2. The fraction of sp³-hybridized carbons (Fsp3) is 0.316. The van der Waals surface area contributed by atoms with Gasteiger partial charge in [-0.1, -0.05) is 24.3 Å². The van der Waals surface area contributed by atoms with Crippen LogP contribution in [0.4, 0.5) is 0 Å². The van der Waals surface area contributed by atoms with E-state index >= 15 is 0 Å². The minimum atomic E-state index is -1.28. The Hall–Kier alpha value is -2.24. The summed E-state index contributed by atoms with van der Waals surface area (Å²) in [4.78, 5) is 6.64. The highest BCUT2D eigenvalue weighted by molar-refractivity contribution is 6.04. The average Bonchev–Trinajstić information content (AvgIpc) is 2.92. The van der Waals surface area contributed by atoms with E-state index in [1.165, 1.54) is 0 Å². The lowest BCUT2D eigenvalue weighted by atomic mass is 9.93. The number of halogens is 1. The molecule has 2 aliphatic rings. The predicted molar refractivity (Wildman–Crippen MR) is 99.0 cm³/mol. The summed E-state index contributed by atoms with van der Waals surface area (Å²) in [7, 11) is 3.22. The highest BCUT2D eigenvalue weighted by Crippen LogP contribution is 2.47. The first kappa shape index (κ1) is 17.6. The fourth-order valence-electron chi connectivity index (χ4n) is 3.66. The Balaban J connectivity index is 0.00000182. The lowest BCUT2D eigenvalue weighted by Gasteiger charge is -2.38. The van der Waals surface area contributed by atoms with Crippen LogP contribution in [-0.2, 0) is 5.72 Å². The summed E-state index contributed by atoms with van der Waals surface area (Å²) in [5.74, 6) is 2.15. The van der Waals surface area contributed by atoms with Crippen molar-refractivity contribution >= 4 is 18.2 Å². The van der Waals surface area contributed by atoms with Crippen LogP contribution in [0.3, 0.4) is 0 Å². The molecule has 0 aliphatic carbocycles. The van der Waals surface area contributed by atoms with Crippen molar-refractivity contribution in [1.82, 2.24) is 4.90 Å². The normalized spacial score (nSPS) is 20.9. The fourth-order valence-corrected chi connectivity index (χ4v) is 3.66. The van der Waals surface area contributed by atoms with E-state index in [-0.39, 0.29) is 12.4 Å². The van der Waals surface area contributed by atoms with E-state index in [1.54, 1.807) is 20.3 Å². The molecule has 0 bridgehead atoms. The van der Waals surface area contributed by atoms with Crippen molar-refractivity contribution < 1.29 is 14.6 Å². The largest absolute Gasteiger partial charge is 0.497 e. The maximum atomic E-state index is 11.8. The van der Waals surface area contributed by atoms with Gasteiger partial charge in [0.15, 0.2) is 5.72 Å². The second-order valence-electron chi connectivity index (χ2n) is 5.99. The highest BCUT2D eigenvalue weighted by Gasteiger charge is 2.50. The molecule has 2 heterocycles. The zero-order valence-electron chi connectivity index (χ0n) is 14.2. The molecular weight excluding hydrogens is 340 g/mol. The smallest absolute Gasteiger partial charge is 0.196 e. The van der Waals surface area contributed by atoms with Gasteiger partial charge in [0, 0.05) is 30.3 Å². The summed E-state index contributed by atoms with van der Waals surface area (Å²) in [6, 6.07) is 13.4. The van der Waals surface area contributed by atoms with Gasteiger partial charge in [0.1, 0.15) is 17.3 Å². The van der Waals surface area contributed by atoms with Gasteiger partial charge in [-0.05, 0) is 18.6 Å². The molecule has 2 aromatic rings. The monoisotopic (exact) mass is 360 g/mol. The second-order valence-corrected chi connectivity index (χ2v) is 5.99. The molecule has 1 unspecified atom stereocenters. The zero-order valence-corrected chi connectivity index (χ0v) is 15.0. The highest BCUT2D eigenvalue weighted by atomic mass is 35.5. The topological polar surface area (TPSA) is 54.3 Å². The molecule has 132 valence electrons. The molecule has 4 rings (SSSR count).